The van der Waals surface area contributed by atoms with Crippen LogP contribution in [0.25, 0.3) is 65.4 Å². The van der Waals surface area contributed by atoms with Gasteiger partial charge in [0.05, 0.1) is 11.8 Å². The Labute approximate surface area is 344 Å². The van der Waals surface area contributed by atoms with Crippen LogP contribution < -0.4 is 0 Å². The van der Waals surface area contributed by atoms with E-state index in [9.17, 15) is 0 Å². The van der Waals surface area contributed by atoms with E-state index in [2.05, 4.69) is 213 Å². The maximum absolute atomic E-state index is 17.3. The van der Waals surface area contributed by atoms with Crippen molar-refractivity contribution in [3.63, 3.8) is 0 Å². The van der Waals surface area contributed by atoms with Crippen LogP contribution in [0, 0.1) is 0 Å². The highest BCUT2D eigenvalue weighted by Gasteiger charge is 2.45. The van der Waals surface area contributed by atoms with E-state index in [1.54, 1.807) is 0 Å². The van der Waals surface area contributed by atoms with E-state index in [0.29, 0.717) is 0 Å². The highest BCUT2D eigenvalue weighted by atomic mass is 16.1. The lowest BCUT2D eigenvalue weighted by Gasteiger charge is -2.33. The molecule has 0 radical (unpaired) electrons. The number of ketones is 1. The Morgan fingerprint density at radius 3 is 0.733 bits per heavy atom. The number of carbonyl (C=O) groups excluding carboxylic acids is 1. The third-order valence-corrected chi connectivity index (χ3v) is 13.0. The Morgan fingerprint density at radius 2 is 0.483 bits per heavy atom. The maximum Gasteiger partial charge on any atom is 0.149 e. The summed E-state index contributed by atoms with van der Waals surface area (Å²) >= 11 is 0. The summed E-state index contributed by atoms with van der Waals surface area (Å²) < 4.78 is 0. The van der Waals surface area contributed by atoms with Gasteiger partial charge in [0.2, 0.25) is 0 Å². The van der Waals surface area contributed by atoms with Crippen LogP contribution in [-0.2, 0) is 4.79 Å². The molecule has 6 aromatic carbocycles. The van der Waals surface area contributed by atoms with Crippen LogP contribution in [0.4, 0.5) is 0 Å². The standard InChI is InChI=1S/C53H40N6O/c60-53(51(41-29-58-47-23-11-5-17-35(41)47)49(37-25-54-43-19-7-1-13-31(37)43)38-26-55-44-20-8-2-14-32(38)44)52(42-30-59-48-24-12-6-18-36(42)48)50(39-27-56-45-21-9-3-15-33(39)45)40-28-57-46-22-10-4-16-34(40)46/h1-30,49-52,54-59H. The molecule has 0 amide bonds. The lowest BCUT2D eigenvalue weighted by atomic mass is 9.66. The van der Waals surface area contributed by atoms with E-state index in [-0.39, 0.29) is 17.6 Å². The molecule has 0 bridgehead atoms. The Kier molecular flexibility index (Phi) is 7.81. The molecule has 288 valence electrons. The molecule has 0 aliphatic heterocycles. The molecule has 0 saturated heterocycles. The number of rotatable bonds is 10. The van der Waals surface area contributed by atoms with Gasteiger partial charge in [0.25, 0.3) is 0 Å². The lowest BCUT2D eigenvalue weighted by Crippen LogP contribution is -2.30. The summed E-state index contributed by atoms with van der Waals surface area (Å²) in [6, 6.07) is 50.6. The molecule has 12 rings (SSSR count). The van der Waals surface area contributed by atoms with Crippen molar-refractivity contribution in [2.24, 2.45) is 0 Å². The first kappa shape index (κ1) is 34.3. The molecule has 0 fully saturated rings. The number of fused-ring (bicyclic) bond motifs is 6. The minimum absolute atomic E-state index is 0.130. The lowest BCUT2D eigenvalue weighted by molar-refractivity contribution is -0.122. The summed E-state index contributed by atoms with van der Waals surface area (Å²) in [6.07, 6.45) is 12.7. The average molecular weight is 777 g/mol. The normalized spacial score (nSPS) is 13.2. The van der Waals surface area contributed by atoms with Crippen molar-refractivity contribution >= 4 is 71.2 Å². The van der Waals surface area contributed by atoms with Gasteiger partial charge in [-0.05, 0) is 69.8 Å². The highest BCUT2D eigenvalue weighted by Crippen LogP contribution is 2.53. The van der Waals surface area contributed by atoms with Gasteiger partial charge in [0, 0.05) is 114 Å². The summed E-state index contributed by atoms with van der Waals surface area (Å²) in [7, 11) is 0. The van der Waals surface area contributed by atoms with Crippen molar-refractivity contribution < 1.29 is 4.79 Å². The van der Waals surface area contributed by atoms with Crippen molar-refractivity contribution in [2.75, 3.05) is 0 Å². The summed E-state index contributed by atoms with van der Waals surface area (Å²) in [5, 5.41) is 6.46. The zero-order chi connectivity index (χ0) is 39.7. The van der Waals surface area contributed by atoms with Crippen LogP contribution in [-0.4, -0.2) is 35.7 Å². The van der Waals surface area contributed by atoms with Gasteiger partial charge in [-0.25, -0.2) is 0 Å². The van der Waals surface area contributed by atoms with E-state index in [1.807, 2.05) is 0 Å². The smallest absolute Gasteiger partial charge is 0.149 e. The third-order valence-electron chi connectivity index (χ3n) is 13.0. The molecule has 0 aliphatic carbocycles. The molecule has 60 heavy (non-hydrogen) atoms. The second-order valence-electron chi connectivity index (χ2n) is 16.1. The zero-order valence-electron chi connectivity index (χ0n) is 32.5. The second-order valence-corrected chi connectivity index (χ2v) is 16.1. The number of nitrogens with one attached hydrogen (secondary N) is 6. The minimum Gasteiger partial charge on any atom is -0.361 e. The molecule has 6 aromatic heterocycles. The number of carbonyl (C=O) groups is 1. The predicted molar refractivity (Wildman–Crippen MR) is 244 cm³/mol. The van der Waals surface area contributed by atoms with Crippen molar-refractivity contribution in [2.45, 2.75) is 23.7 Å². The number of H-pyrrole nitrogens is 6. The van der Waals surface area contributed by atoms with Gasteiger partial charge in [-0.2, -0.15) is 0 Å². The summed E-state index contributed by atoms with van der Waals surface area (Å²) in [6.45, 7) is 0. The van der Waals surface area contributed by atoms with E-state index in [1.165, 1.54) is 0 Å². The first-order valence-electron chi connectivity index (χ1n) is 20.6. The molecule has 2 unspecified atom stereocenters. The van der Waals surface area contributed by atoms with Crippen molar-refractivity contribution in [1.29, 1.82) is 0 Å². The fourth-order valence-corrected chi connectivity index (χ4v) is 10.3. The monoisotopic (exact) mass is 776 g/mol. The molecule has 6 heterocycles. The van der Waals surface area contributed by atoms with Crippen LogP contribution in [0.5, 0.6) is 0 Å². The number of aromatic nitrogens is 6. The minimum atomic E-state index is -0.642. The first-order chi connectivity index (χ1) is 29.7. The molecule has 7 nitrogen and oxygen atoms in total. The molecular formula is C53H40N6O. The first-order valence-corrected chi connectivity index (χ1v) is 20.6. The van der Waals surface area contributed by atoms with Crippen LogP contribution >= 0.6 is 0 Å². The van der Waals surface area contributed by atoms with E-state index >= 15 is 4.79 Å². The zero-order valence-corrected chi connectivity index (χ0v) is 32.5. The number of aromatic amines is 6. The predicted octanol–water partition coefficient (Wildman–Crippen LogP) is 12.7. The third kappa shape index (κ3) is 5.25. The van der Waals surface area contributed by atoms with Gasteiger partial charge in [-0.3, -0.25) is 4.79 Å². The van der Waals surface area contributed by atoms with Gasteiger partial charge in [-0.15, -0.1) is 0 Å². The van der Waals surface area contributed by atoms with Crippen LogP contribution in [0.3, 0.4) is 0 Å². The quantitative estimate of drug-likeness (QED) is 0.0816. The van der Waals surface area contributed by atoms with Crippen LogP contribution in [0.2, 0.25) is 0 Å². The Balaban J connectivity index is 1.20. The van der Waals surface area contributed by atoms with E-state index in [4.69, 9.17) is 0 Å². The van der Waals surface area contributed by atoms with Crippen molar-refractivity contribution in [3.8, 4) is 0 Å². The fourth-order valence-electron chi connectivity index (χ4n) is 10.3. The number of hydrogen-bond acceptors (Lipinski definition) is 1. The Hall–Kier alpha value is -7.77. The van der Waals surface area contributed by atoms with Crippen LogP contribution in [0.15, 0.2) is 183 Å². The molecule has 0 spiro atoms. The van der Waals surface area contributed by atoms with Gasteiger partial charge >= 0.3 is 0 Å². The average Bonchev–Trinajstić information content (AvgIpc) is 4.17. The Bertz CT molecular complexity index is 3150. The van der Waals surface area contributed by atoms with Crippen molar-refractivity contribution in [1.82, 2.24) is 29.9 Å². The summed E-state index contributed by atoms with van der Waals surface area (Å²) in [5.74, 6) is -1.93. The van der Waals surface area contributed by atoms with E-state index in [0.717, 1.165) is 98.8 Å². The molecule has 7 heteroatoms. The van der Waals surface area contributed by atoms with Gasteiger partial charge < -0.3 is 29.9 Å². The SMILES string of the molecule is O=C(C(c1c[nH]c2ccccc12)C(c1c[nH]c2ccccc12)c1c[nH]c2ccccc12)C(c1c[nH]c2ccccc12)C(c1c[nH]c2ccccc12)c1c[nH]c2ccccc12. The molecule has 12 aromatic rings. The van der Waals surface area contributed by atoms with Gasteiger partial charge in [0.15, 0.2) is 0 Å². The number of para-hydroxylation sites is 6. The van der Waals surface area contributed by atoms with Crippen LogP contribution in [0.1, 0.15) is 57.1 Å². The maximum atomic E-state index is 17.3. The largest absolute Gasteiger partial charge is 0.361 e. The molecule has 6 N–H and O–H groups in total. The van der Waals surface area contributed by atoms with Gasteiger partial charge in [0.1, 0.15) is 5.78 Å². The number of benzene rings is 6. The summed E-state index contributed by atoms with van der Waals surface area (Å²) in [4.78, 5) is 38.9. The fraction of sp³-hybridized carbons (Fsp3) is 0.0755. The number of hydrogen-bond donors (Lipinski definition) is 6. The highest BCUT2D eigenvalue weighted by molar-refractivity contribution is 6.04. The van der Waals surface area contributed by atoms with Gasteiger partial charge in [-0.1, -0.05) is 109 Å². The topological polar surface area (TPSA) is 112 Å². The molecule has 0 aliphatic rings. The molecule has 0 saturated carbocycles. The second kappa shape index (κ2) is 13.7. The summed E-state index contributed by atoms with van der Waals surface area (Å²) in [5.41, 5.74) is 12.4. The van der Waals surface area contributed by atoms with Crippen molar-refractivity contribution in [3.05, 3.63) is 216 Å². The molecule has 2 atom stereocenters. The Morgan fingerprint density at radius 1 is 0.283 bits per heavy atom. The van der Waals surface area contributed by atoms with E-state index < -0.39 is 11.8 Å². The molecular weight excluding hydrogens is 737 g/mol. The number of Topliss-reactive ketones (excluding diaryl/α,β-unsaturated/α-hetero) is 1.